The van der Waals surface area contributed by atoms with Crippen LogP contribution in [0, 0.1) is 0 Å². The van der Waals surface area contributed by atoms with Crippen LogP contribution >= 0.6 is 11.3 Å². The zero-order valence-corrected chi connectivity index (χ0v) is 14.1. The zero-order valence-electron chi connectivity index (χ0n) is 13.3. The van der Waals surface area contributed by atoms with Gasteiger partial charge in [-0.3, -0.25) is 9.59 Å². The Morgan fingerprint density at radius 3 is 2.48 bits per heavy atom. The Hall–Kier alpha value is -2.14. The van der Waals surface area contributed by atoms with Gasteiger partial charge in [0.2, 0.25) is 5.91 Å². The molecule has 4 nitrogen and oxygen atoms in total. The van der Waals surface area contributed by atoms with Gasteiger partial charge in [0, 0.05) is 4.88 Å². The number of amides is 1. The average Bonchev–Trinajstić information content (AvgIpc) is 2.99. The summed E-state index contributed by atoms with van der Waals surface area (Å²) < 4.78 is 5.20. The maximum Gasteiger partial charge on any atom is 0.308 e. The van der Waals surface area contributed by atoms with E-state index in [0.29, 0.717) is 6.42 Å². The van der Waals surface area contributed by atoms with Crippen molar-refractivity contribution in [1.29, 1.82) is 0 Å². The van der Waals surface area contributed by atoms with E-state index >= 15 is 0 Å². The molecule has 0 saturated heterocycles. The highest BCUT2D eigenvalue weighted by atomic mass is 32.1. The molecule has 1 aromatic carbocycles. The van der Waals surface area contributed by atoms with Crippen LogP contribution in [0.4, 0.5) is 0 Å². The minimum Gasteiger partial charge on any atom is -0.463 e. The molecule has 0 spiro atoms. The number of thiophene rings is 1. The topological polar surface area (TPSA) is 55.4 Å². The molecule has 0 aliphatic carbocycles. The van der Waals surface area contributed by atoms with Gasteiger partial charge in [0.1, 0.15) is 0 Å². The highest BCUT2D eigenvalue weighted by Crippen LogP contribution is 2.18. The van der Waals surface area contributed by atoms with Gasteiger partial charge >= 0.3 is 5.97 Å². The van der Waals surface area contributed by atoms with E-state index in [9.17, 15) is 9.59 Å². The first-order chi connectivity index (χ1) is 11.0. The van der Waals surface area contributed by atoms with Crippen LogP contribution in [0.3, 0.4) is 0 Å². The van der Waals surface area contributed by atoms with Crippen molar-refractivity contribution in [1.82, 2.24) is 5.32 Å². The van der Waals surface area contributed by atoms with Gasteiger partial charge in [0.05, 0.1) is 25.0 Å². The van der Waals surface area contributed by atoms with E-state index < -0.39 is 0 Å². The van der Waals surface area contributed by atoms with Crippen LogP contribution in [0.2, 0.25) is 0 Å². The molecule has 0 bridgehead atoms. The minimum atomic E-state index is -0.380. The molecular formula is C18H21NO3S. The van der Waals surface area contributed by atoms with Crippen LogP contribution < -0.4 is 5.32 Å². The Bertz CT molecular complexity index is 623. The number of carbonyl (C=O) groups is 2. The summed E-state index contributed by atoms with van der Waals surface area (Å²) in [6.07, 6.45) is 0.277. The summed E-state index contributed by atoms with van der Waals surface area (Å²) in [5.74, 6) is -0.413. The van der Waals surface area contributed by atoms with Gasteiger partial charge in [-0.15, -0.1) is 11.3 Å². The molecule has 1 N–H and O–H groups in total. The first-order valence-corrected chi connectivity index (χ1v) is 8.48. The fourth-order valence-electron chi connectivity index (χ4n) is 2.23. The standard InChI is InChI=1S/C18H21NO3S/c1-13(2)22-18(21)12-16(14-7-4-3-5-8-14)19-17(20)11-15-9-6-10-23-15/h3-10,13,16H,11-12H2,1-2H3,(H,19,20). The summed E-state index contributed by atoms with van der Waals surface area (Å²) in [5.41, 5.74) is 0.896. The predicted molar refractivity (Wildman–Crippen MR) is 91.2 cm³/mol. The van der Waals surface area contributed by atoms with Crippen molar-refractivity contribution < 1.29 is 14.3 Å². The average molecular weight is 331 g/mol. The second-order valence-corrected chi connectivity index (χ2v) is 6.56. The van der Waals surface area contributed by atoms with Crippen LogP contribution in [0.5, 0.6) is 0 Å². The van der Waals surface area contributed by atoms with Crippen LogP contribution in [0.1, 0.15) is 36.8 Å². The van der Waals surface area contributed by atoms with Crippen LogP contribution in [-0.4, -0.2) is 18.0 Å². The first-order valence-electron chi connectivity index (χ1n) is 7.60. The Morgan fingerprint density at radius 2 is 1.87 bits per heavy atom. The number of carbonyl (C=O) groups excluding carboxylic acids is 2. The van der Waals surface area contributed by atoms with E-state index in [1.54, 1.807) is 11.3 Å². The van der Waals surface area contributed by atoms with Crippen molar-refractivity contribution in [2.45, 2.75) is 38.8 Å². The molecule has 1 atom stereocenters. The molecule has 5 heteroatoms. The highest BCUT2D eigenvalue weighted by Gasteiger charge is 2.20. The van der Waals surface area contributed by atoms with E-state index in [4.69, 9.17) is 4.74 Å². The van der Waals surface area contributed by atoms with Gasteiger partial charge in [-0.25, -0.2) is 0 Å². The Balaban J connectivity index is 2.04. The molecular weight excluding hydrogens is 310 g/mol. The molecule has 122 valence electrons. The summed E-state index contributed by atoms with van der Waals surface area (Å²) in [5, 5.41) is 4.88. The molecule has 1 heterocycles. The predicted octanol–water partition coefficient (Wildman–Crippen LogP) is 3.49. The number of hydrogen-bond donors (Lipinski definition) is 1. The lowest BCUT2D eigenvalue weighted by Gasteiger charge is -2.19. The smallest absolute Gasteiger partial charge is 0.308 e. The van der Waals surface area contributed by atoms with Gasteiger partial charge in [-0.1, -0.05) is 36.4 Å². The molecule has 0 fully saturated rings. The summed E-state index contributed by atoms with van der Waals surface area (Å²) in [4.78, 5) is 25.2. The largest absolute Gasteiger partial charge is 0.463 e. The third-order valence-corrected chi connectivity index (χ3v) is 4.07. The maximum absolute atomic E-state index is 12.2. The lowest BCUT2D eigenvalue weighted by Crippen LogP contribution is -2.32. The fraction of sp³-hybridized carbons (Fsp3) is 0.333. The molecule has 0 aliphatic rings. The van der Waals surface area contributed by atoms with Crippen LogP contribution in [-0.2, 0) is 20.7 Å². The Labute approximate surface area is 140 Å². The maximum atomic E-state index is 12.2. The summed E-state index contributed by atoms with van der Waals surface area (Å²) >= 11 is 1.54. The van der Waals surface area contributed by atoms with Gasteiger partial charge in [-0.05, 0) is 30.9 Å². The number of ether oxygens (including phenoxy) is 1. The quantitative estimate of drug-likeness (QED) is 0.790. The molecule has 2 aromatic rings. The lowest BCUT2D eigenvalue weighted by atomic mass is 10.0. The van der Waals surface area contributed by atoms with Gasteiger partial charge in [-0.2, -0.15) is 0 Å². The molecule has 23 heavy (non-hydrogen) atoms. The molecule has 1 aromatic heterocycles. The van der Waals surface area contributed by atoms with E-state index in [-0.39, 0.29) is 30.4 Å². The first kappa shape index (κ1) is 17.2. The van der Waals surface area contributed by atoms with Crippen LogP contribution in [0.15, 0.2) is 47.8 Å². The zero-order chi connectivity index (χ0) is 16.7. The van der Waals surface area contributed by atoms with Crippen LogP contribution in [0.25, 0.3) is 0 Å². The van der Waals surface area contributed by atoms with Crippen molar-refractivity contribution in [2.24, 2.45) is 0 Å². The second-order valence-electron chi connectivity index (χ2n) is 5.53. The number of rotatable bonds is 7. The van der Waals surface area contributed by atoms with E-state index in [2.05, 4.69) is 5.32 Å². The normalized spacial score (nSPS) is 12.0. The molecule has 0 aliphatic heterocycles. The minimum absolute atomic E-state index is 0.0985. The Morgan fingerprint density at radius 1 is 1.13 bits per heavy atom. The van der Waals surface area contributed by atoms with Crippen molar-refractivity contribution >= 4 is 23.2 Å². The lowest BCUT2D eigenvalue weighted by molar-refractivity contribution is -0.148. The summed E-state index contributed by atoms with van der Waals surface area (Å²) in [6.45, 7) is 3.62. The summed E-state index contributed by atoms with van der Waals surface area (Å²) in [6, 6.07) is 13.0. The molecule has 2 rings (SSSR count). The van der Waals surface area contributed by atoms with Crippen molar-refractivity contribution in [3.05, 3.63) is 58.3 Å². The molecule has 1 amide bonds. The van der Waals surface area contributed by atoms with Crippen molar-refractivity contribution in [3.8, 4) is 0 Å². The fourth-order valence-corrected chi connectivity index (χ4v) is 2.94. The summed E-state index contributed by atoms with van der Waals surface area (Å²) in [7, 11) is 0. The highest BCUT2D eigenvalue weighted by molar-refractivity contribution is 7.10. The van der Waals surface area contributed by atoms with E-state index in [1.165, 1.54) is 0 Å². The molecule has 0 radical (unpaired) electrons. The molecule has 0 saturated carbocycles. The van der Waals surface area contributed by atoms with Gasteiger partial charge in [0.25, 0.3) is 0 Å². The number of esters is 1. The van der Waals surface area contributed by atoms with Gasteiger partial charge < -0.3 is 10.1 Å². The van der Waals surface area contributed by atoms with E-state index in [1.807, 2.05) is 61.7 Å². The van der Waals surface area contributed by atoms with Crippen molar-refractivity contribution in [2.75, 3.05) is 0 Å². The number of nitrogens with one attached hydrogen (secondary N) is 1. The monoisotopic (exact) mass is 331 g/mol. The number of hydrogen-bond acceptors (Lipinski definition) is 4. The second kappa shape index (κ2) is 8.48. The Kier molecular flexibility index (Phi) is 6.35. The third kappa shape index (κ3) is 5.87. The number of benzene rings is 1. The molecule has 1 unspecified atom stereocenters. The SMILES string of the molecule is CC(C)OC(=O)CC(NC(=O)Cc1cccs1)c1ccccc1. The van der Waals surface area contributed by atoms with Crippen molar-refractivity contribution in [3.63, 3.8) is 0 Å². The third-order valence-electron chi connectivity index (χ3n) is 3.19. The van der Waals surface area contributed by atoms with Gasteiger partial charge in [0.15, 0.2) is 0 Å². The van der Waals surface area contributed by atoms with E-state index in [0.717, 1.165) is 10.4 Å².